The minimum absolute atomic E-state index is 0.0206. The van der Waals surface area contributed by atoms with Crippen molar-refractivity contribution in [1.29, 1.82) is 0 Å². The van der Waals surface area contributed by atoms with Crippen LogP contribution in [0.2, 0.25) is 0 Å². The molecule has 274 valence electrons. The van der Waals surface area contributed by atoms with E-state index in [2.05, 4.69) is 34.5 Å². The van der Waals surface area contributed by atoms with Gasteiger partial charge in [0.25, 0.3) is 0 Å². The minimum Gasteiger partial charge on any atom is -0.482 e. The number of ether oxygens (including phenoxy) is 2. The van der Waals surface area contributed by atoms with Crippen LogP contribution < -0.4 is 15.0 Å². The van der Waals surface area contributed by atoms with E-state index in [0.29, 0.717) is 38.5 Å². The van der Waals surface area contributed by atoms with Crippen LogP contribution in [0.15, 0.2) is 103 Å². The number of anilines is 1. The van der Waals surface area contributed by atoms with Gasteiger partial charge < -0.3 is 29.4 Å². The van der Waals surface area contributed by atoms with Crippen LogP contribution in [0.25, 0.3) is 0 Å². The summed E-state index contributed by atoms with van der Waals surface area (Å²) in [6, 6.07) is 33.4. The number of hydrogen-bond donors (Lipinski definition) is 1. The quantitative estimate of drug-likeness (QED) is 0.0427. The minimum atomic E-state index is -0.418. The standard InChI is InChI=1S/C42H50N4O6/c47-29-11-26-44(42(48)52-33-37-14-6-2-7-15-37)27-23-34-16-10-19-39(30-34)45(38-17-8-3-9-18-38)28-25-43-24-22-35-20-21-41(40(31-35)46(49)50)51-32-36-12-4-1-5-13-36/h1-2,4-7,10,12-16,19-21,29-31,38,43H,3,8-9,11,17-18,22-28,32-33H2. The Bertz CT molecular complexity index is 1700. The summed E-state index contributed by atoms with van der Waals surface area (Å²) in [7, 11) is 0. The molecule has 0 spiro atoms. The van der Waals surface area contributed by atoms with Crippen molar-refractivity contribution in [3.63, 3.8) is 0 Å². The average molecular weight is 707 g/mol. The van der Waals surface area contributed by atoms with Gasteiger partial charge in [-0.2, -0.15) is 0 Å². The summed E-state index contributed by atoms with van der Waals surface area (Å²) in [6.45, 7) is 3.52. The van der Waals surface area contributed by atoms with E-state index >= 15 is 0 Å². The predicted molar refractivity (Wildman–Crippen MR) is 204 cm³/mol. The fraction of sp³-hybridized carbons (Fsp3) is 0.381. The van der Waals surface area contributed by atoms with E-state index in [1.165, 1.54) is 24.9 Å². The van der Waals surface area contributed by atoms with Gasteiger partial charge in [-0.15, -0.1) is 0 Å². The zero-order valence-electron chi connectivity index (χ0n) is 29.9. The van der Waals surface area contributed by atoms with Crippen molar-refractivity contribution in [2.45, 2.75) is 70.6 Å². The zero-order valence-corrected chi connectivity index (χ0v) is 29.9. The number of aldehydes is 1. The number of rotatable bonds is 20. The van der Waals surface area contributed by atoms with Gasteiger partial charge in [-0.05, 0) is 72.7 Å². The Hall–Kier alpha value is -5.22. The molecule has 0 radical (unpaired) electrons. The Morgan fingerprint density at radius 2 is 1.46 bits per heavy atom. The molecule has 1 N–H and O–H groups in total. The highest BCUT2D eigenvalue weighted by Crippen LogP contribution is 2.30. The van der Waals surface area contributed by atoms with Crippen molar-refractivity contribution in [3.8, 4) is 5.75 Å². The van der Waals surface area contributed by atoms with E-state index in [0.717, 1.165) is 54.5 Å². The number of benzene rings is 4. The number of nitrogens with zero attached hydrogens (tertiary/aromatic N) is 3. The third kappa shape index (κ3) is 11.9. The molecule has 10 heteroatoms. The van der Waals surface area contributed by atoms with Crippen LogP contribution >= 0.6 is 0 Å². The SMILES string of the molecule is O=CCCN(CCc1cccc(N(CCNCCc2ccc(OCc3ccccc3)c([N+](=O)[O-])c2)C2CCCCC2)c1)C(=O)OCc1ccccc1. The second-order valence-corrected chi connectivity index (χ2v) is 13.2. The lowest BCUT2D eigenvalue weighted by atomic mass is 9.93. The molecule has 52 heavy (non-hydrogen) atoms. The molecule has 0 bridgehead atoms. The van der Waals surface area contributed by atoms with Crippen LogP contribution in [0.3, 0.4) is 0 Å². The zero-order chi connectivity index (χ0) is 36.4. The largest absolute Gasteiger partial charge is 0.482 e. The lowest BCUT2D eigenvalue weighted by molar-refractivity contribution is -0.386. The van der Waals surface area contributed by atoms with Gasteiger partial charge >= 0.3 is 11.8 Å². The maximum absolute atomic E-state index is 13.0. The summed E-state index contributed by atoms with van der Waals surface area (Å²) >= 11 is 0. The van der Waals surface area contributed by atoms with Crippen LogP contribution in [0.5, 0.6) is 5.75 Å². The molecule has 4 aromatic carbocycles. The monoisotopic (exact) mass is 706 g/mol. The van der Waals surface area contributed by atoms with Crippen molar-refractivity contribution >= 4 is 23.8 Å². The molecule has 4 aromatic rings. The number of nitro benzene ring substituents is 1. The van der Waals surface area contributed by atoms with Crippen molar-refractivity contribution in [3.05, 3.63) is 135 Å². The molecule has 1 amide bonds. The molecule has 10 nitrogen and oxygen atoms in total. The van der Waals surface area contributed by atoms with E-state index in [1.54, 1.807) is 17.0 Å². The highest BCUT2D eigenvalue weighted by Gasteiger charge is 2.22. The molecule has 1 saturated carbocycles. The molecule has 5 rings (SSSR count). The van der Waals surface area contributed by atoms with Gasteiger partial charge in [0.05, 0.1) is 4.92 Å². The van der Waals surface area contributed by atoms with Crippen LogP contribution in [0.1, 0.15) is 60.8 Å². The highest BCUT2D eigenvalue weighted by molar-refractivity contribution is 5.68. The smallest absolute Gasteiger partial charge is 0.410 e. The number of hydrogen-bond acceptors (Lipinski definition) is 8. The Labute approximate surface area is 306 Å². The lowest BCUT2D eigenvalue weighted by Gasteiger charge is -2.36. The normalized spacial score (nSPS) is 12.9. The summed E-state index contributed by atoms with van der Waals surface area (Å²) in [6.07, 6.45) is 7.98. The van der Waals surface area contributed by atoms with Crippen molar-refractivity contribution in [2.24, 2.45) is 0 Å². The number of nitro groups is 1. The van der Waals surface area contributed by atoms with E-state index < -0.39 is 6.09 Å². The van der Waals surface area contributed by atoms with Gasteiger partial charge in [-0.3, -0.25) is 10.1 Å². The Morgan fingerprint density at radius 3 is 2.17 bits per heavy atom. The molecular formula is C42H50N4O6. The number of nitrogens with one attached hydrogen (secondary N) is 1. The van der Waals surface area contributed by atoms with Crippen molar-refractivity contribution in [1.82, 2.24) is 10.2 Å². The molecule has 1 aliphatic rings. The van der Waals surface area contributed by atoms with Crippen molar-refractivity contribution in [2.75, 3.05) is 37.6 Å². The molecule has 0 aromatic heterocycles. The first-order chi connectivity index (χ1) is 25.5. The van der Waals surface area contributed by atoms with E-state index in [9.17, 15) is 19.7 Å². The van der Waals surface area contributed by atoms with Crippen LogP contribution in [-0.4, -0.2) is 61.0 Å². The number of carbonyl (C=O) groups excluding carboxylic acids is 2. The van der Waals surface area contributed by atoms with E-state index in [4.69, 9.17) is 9.47 Å². The van der Waals surface area contributed by atoms with Crippen LogP contribution in [0.4, 0.5) is 16.2 Å². The molecule has 1 aliphatic carbocycles. The van der Waals surface area contributed by atoms with Gasteiger partial charge in [-0.25, -0.2) is 4.79 Å². The Morgan fingerprint density at radius 1 is 0.769 bits per heavy atom. The second-order valence-electron chi connectivity index (χ2n) is 13.2. The molecular weight excluding hydrogens is 656 g/mol. The summed E-state index contributed by atoms with van der Waals surface area (Å²) in [4.78, 5) is 39.7. The molecule has 0 atom stereocenters. The molecule has 1 fully saturated rings. The number of amides is 1. The number of carbonyl (C=O) groups is 2. The van der Waals surface area contributed by atoms with Gasteiger partial charge in [-0.1, -0.05) is 98.1 Å². The van der Waals surface area contributed by atoms with E-state index in [-0.39, 0.29) is 36.0 Å². The van der Waals surface area contributed by atoms with Crippen LogP contribution in [-0.2, 0) is 35.6 Å². The summed E-state index contributed by atoms with van der Waals surface area (Å²) in [5.74, 6) is 0.271. The third-order valence-corrected chi connectivity index (χ3v) is 9.49. The first kappa shape index (κ1) is 38.0. The first-order valence-electron chi connectivity index (χ1n) is 18.4. The second kappa shape index (κ2) is 20.6. The van der Waals surface area contributed by atoms with Crippen molar-refractivity contribution < 1.29 is 24.0 Å². The summed E-state index contributed by atoms with van der Waals surface area (Å²) < 4.78 is 11.4. The first-order valence-corrected chi connectivity index (χ1v) is 18.4. The van der Waals surface area contributed by atoms with Gasteiger partial charge in [0.2, 0.25) is 0 Å². The maximum Gasteiger partial charge on any atom is 0.410 e. The summed E-state index contributed by atoms with van der Waals surface area (Å²) in [5.41, 5.74) is 5.02. The molecule has 0 aliphatic heterocycles. The van der Waals surface area contributed by atoms with Gasteiger partial charge in [0, 0.05) is 50.4 Å². The van der Waals surface area contributed by atoms with Crippen LogP contribution in [0, 0.1) is 10.1 Å². The molecule has 0 heterocycles. The topological polar surface area (TPSA) is 114 Å². The average Bonchev–Trinajstić information content (AvgIpc) is 3.19. The highest BCUT2D eigenvalue weighted by atomic mass is 16.6. The summed E-state index contributed by atoms with van der Waals surface area (Å²) in [5, 5.41) is 15.4. The molecule has 0 saturated heterocycles. The van der Waals surface area contributed by atoms with Gasteiger partial charge in [0.15, 0.2) is 5.75 Å². The fourth-order valence-corrected chi connectivity index (χ4v) is 6.66. The fourth-order valence-electron chi connectivity index (χ4n) is 6.66. The lowest BCUT2D eigenvalue weighted by Crippen LogP contribution is -2.41. The Balaban J connectivity index is 1.15. The van der Waals surface area contributed by atoms with E-state index in [1.807, 2.05) is 66.7 Å². The maximum atomic E-state index is 13.0. The Kier molecular flexibility index (Phi) is 15.1. The molecule has 0 unspecified atom stereocenters. The predicted octanol–water partition coefficient (Wildman–Crippen LogP) is 7.92. The van der Waals surface area contributed by atoms with Gasteiger partial charge in [0.1, 0.15) is 19.5 Å². The third-order valence-electron chi connectivity index (χ3n) is 9.49.